The topological polar surface area (TPSA) is 115 Å². The zero-order valence-corrected chi connectivity index (χ0v) is 10.4. The highest BCUT2D eigenvalue weighted by molar-refractivity contribution is 6.29. The van der Waals surface area contributed by atoms with Gasteiger partial charge in [-0.1, -0.05) is 11.6 Å². The Labute approximate surface area is 116 Å². The normalized spacial score (nSPS) is 10.1. The number of ether oxygens (including phenoxy) is 1. The Hall–Kier alpha value is -2.74. The van der Waals surface area contributed by atoms with Crippen molar-refractivity contribution < 1.29 is 19.6 Å². The van der Waals surface area contributed by atoms with Crippen LogP contribution < -0.4 is 4.74 Å². The third-order valence-corrected chi connectivity index (χ3v) is 2.43. The number of nitro groups is 1. The van der Waals surface area contributed by atoms with E-state index in [2.05, 4.69) is 10.2 Å². The standard InChI is InChI=1S/C11H6ClN3O5/c12-9-3-4-10(14-13-9)20-8-5-6(11(16)17)1-2-7(8)15(18)19/h1-5H,(H,16,17). The third-order valence-electron chi connectivity index (χ3n) is 2.23. The molecule has 9 heteroatoms. The number of rotatable bonds is 4. The van der Waals surface area contributed by atoms with Gasteiger partial charge < -0.3 is 9.84 Å². The Morgan fingerprint density at radius 3 is 2.60 bits per heavy atom. The van der Waals surface area contributed by atoms with Crippen molar-refractivity contribution >= 4 is 23.3 Å². The first-order valence-electron chi connectivity index (χ1n) is 5.16. The largest absolute Gasteiger partial charge is 0.478 e. The lowest BCUT2D eigenvalue weighted by molar-refractivity contribution is -0.385. The summed E-state index contributed by atoms with van der Waals surface area (Å²) < 4.78 is 5.18. The summed E-state index contributed by atoms with van der Waals surface area (Å²) in [5, 5.41) is 27.0. The Balaban J connectivity index is 2.41. The molecule has 0 fully saturated rings. The number of nitro benzene ring substituents is 1. The molecule has 0 unspecified atom stereocenters. The number of benzene rings is 1. The van der Waals surface area contributed by atoms with Crippen LogP contribution in [0.25, 0.3) is 0 Å². The summed E-state index contributed by atoms with van der Waals surface area (Å²) in [6, 6.07) is 5.93. The second-order valence-electron chi connectivity index (χ2n) is 3.54. The summed E-state index contributed by atoms with van der Waals surface area (Å²) in [5.41, 5.74) is -0.528. The van der Waals surface area contributed by atoms with E-state index in [1.165, 1.54) is 12.1 Å². The molecule has 0 saturated heterocycles. The molecular formula is C11H6ClN3O5. The number of hydrogen-bond donors (Lipinski definition) is 1. The van der Waals surface area contributed by atoms with Gasteiger partial charge in [0, 0.05) is 18.2 Å². The fourth-order valence-electron chi connectivity index (χ4n) is 1.35. The van der Waals surface area contributed by atoms with E-state index in [0.717, 1.165) is 18.2 Å². The molecule has 0 atom stereocenters. The van der Waals surface area contributed by atoms with Gasteiger partial charge >= 0.3 is 11.7 Å². The molecule has 1 N–H and O–H groups in total. The average molecular weight is 296 g/mol. The molecule has 0 saturated carbocycles. The van der Waals surface area contributed by atoms with E-state index in [1.807, 2.05) is 0 Å². The van der Waals surface area contributed by atoms with Crippen LogP contribution in [0.5, 0.6) is 11.6 Å². The Bertz CT molecular complexity index is 674. The summed E-state index contributed by atoms with van der Waals surface area (Å²) in [7, 11) is 0. The lowest BCUT2D eigenvalue weighted by Gasteiger charge is -2.05. The molecule has 0 amide bonds. The number of nitrogens with zero attached hydrogens (tertiary/aromatic N) is 3. The smallest absolute Gasteiger partial charge is 0.335 e. The van der Waals surface area contributed by atoms with Crippen LogP contribution in [-0.4, -0.2) is 26.2 Å². The van der Waals surface area contributed by atoms with Gasteiger partial charge in [-0.3, -0.25) is 10.1 Å². The third kappa shape index (κ3) is 2.98. The molecule has 1 heterocycles. The average Bonchev–Trinajstić information content (AvgIpc) is 2.41. The minimum Gasteiger partial charge on any atom is -0.478 e. The fraction of sp³-hybridized carbons (Fsp3) is 0. The molecule has 0 bridgehead atoms. The van der Waals surface area contributed by atoms with Crippen LogP contribution in [0.15, 0.2) is 30.3 Å². The molecule has 20 heavy (non-hydrogen) atoms. The molecule has 0 radical (unpaired) electrons. The molecule has 1 aromatic carbocycles. The van der Waals surface area contributed by atoms with Crippen molar-refractivity contribution in [3.05, 3.63) is 51.2 Å². The van der Waals surface area contributed by atoms with Gasteiger partial charge in [-0.2, -0.15) is 0 Å². The van der Waals surface area contributed by atoms with Crippen molar-refractivity contribution in [2.75, 3.05) is 0 Å². The summed E-state index contributed by atoms with van der Waals surface area (Å²) in [5.74, 6) is -1.52. The van der Waals surface area contributed by atoms with Gasteiger partial charge in [-0.05, 0) is 12.1 Å². The van der Waals surface area contributed by atoms with Crippen LogP contribution >= 0.6 is 11.6 Å². The Kier molecular flexibility index (Phi) is 3.76. The zero-order chi connectivity index (χ0) is 14.7. The molecule has 8 nitrogen and oxygen atoms in total. The van der Waals surface area contributed by atoms with Crippen LogP contribution in [0.1, 0.15) is 10.4 Å². The second-order valence-corrected chi connectivity index (χ2v) is 3.93. The van der Waals surface area contributed by atoms with Gasteiger partial charge in [0.1, 0.15) is 0 Å². The minimum absolute atomic E-state index is 0.0416. The van der Waals surface area contributed by atoms with E-state index in [0.29, 0.717) is 0 Å². The molecule has 2 aromatic rings. The number of carbonyl (C=O) groups is 1. The number of aromatic nitrogens is 2. The first-order valence-corrected chi connectivity index (χ1v) is 5.54. The molecule has 2 rings (SSSR count). The van der Waals surface area contributed by atoms with Crippen molar-refractivity contribution in [3.8, 4) is 11.6 Å². The predicted octanol–water partition coefficient (Wildman–Crippen LogP) is 2.53. The van der Waals surface area contributed by atoms with E-state index in [1.54, 1.807) is 0 Å². The van der Waals surface area contributed by atoms with Crippen molar-refractivity contribution in [2.24, 2.45) is 0 Å². The first kappa shape index (κ1) is 13.7. The maximum absolute atomic E-state index is 10.9. The lowest BCUT2D eigenvalue weighted by Crippen LogP contribution is -2.00. The van der Waals surface area contributed by atoms with Crippen molar-refractivity contribution in [3.63, 3.8) is 0 Å². The van der Waals surface area contributed by atoms with E-state index in [4.69, 9.17) is 21.4 Å². The van der Waals surface area contributed by atoms with E-state index in [-0.39, 0.29) is 28.0 Å². The molecule has 1 aromatic heterocycles. The van der Waals surface area contributed by atoms with Gasteiger partial charge in [-0.25, -0.2) is 4.79 Å². The molecule has 0 aliphatic heterocycles. The van der Waals surface area contributed by atoms with Crippen LogP contribution in [0.3, 0.4) is 0 Å². The fourth-order valence-corrected chi connectivity index (χ4v) is 1.45. The number of carboxylic acid groups (broad SMARTS) is 1. The summed E-state index contributed by atoms with van der Waals surface area (Å²) in [4.78, 5) is 21.0. The maximum Gasteiger partial charge on any atom is 0.335 e. The monoisotopic (exact) mass is 295 g/mol. The molecule has 0 spiro atoms. The van der Waals surface area contributed by atoms with Crippen molar-refractivity contribution in [1.29, 1.82) is 0 Å². The quantitative estimate of drug-likeness (QED) is 0.680. The number of carboxylic acids is 1. The minimum atomic E-state index is -1.23. The second kappa shape index (κ2) is 5.49. The molecular weight excluding hydrogens is 290 g/mol. The number of halogens is 1. The van der Waals surface area contributed by atoms with Gasteiger partial charge in [0.15, 0.2) is 5.15 Å². The summed E-state index contributed by atoms with van der Waals surface area (Å²) >= 11 is 5.55. The van der Waals surface area contributed by atoms with Crippen LogP contribution in [0.4, 0.5) is 5.69 Å². The highest BCUT2D eigenvalue weighted by Gasteiger charge is 2.19. The van der Waals surface area contributed by atoms with E-state index < -0.39 is 10.9 Å². The van der Waals surface area contributed by atoms with Gasteiger partial charge in [-0.15, -0.1) is 10.2 Å². The van der Waals surface area contributed by atoms with Crippen molar-refractivity contribution in [1.82, 2.24) is 10.2 Å². The van der Waals surface area contributed by atoms with Gasteiger partial charge in [0.25, 0.3) is 0 Å². The van der Waals surface area contributed by atoms with Gasteiger partial charge in [0.05, 0.1) is 10.5 Å². The van der Waals surface area contributed by atoms with Crippen LogP contribution in [0.2, 0.25) is 5.15 Å². The van der Waals surface area contributed by atoms with Crippen LogP contribution in [-0.2, 0) is 0 Å². The maximum atomic E-state index is 10.9. The molecule has 0 aliphatic carbocycles. The van der Waals surface area contributed by atoms with E-state index >= 15 is 0 Å². The zero-order valence-electron chi connectivity index (χ0n) is 9.69. The van der Waals surface area contributed by atoms with E-state index in [9.17, 15) is 14.9 Å². The Morgan fingerprint density at radius 1 is 1.30 bits per heavy atom. The predicted molar refractivity (Wildman–Crippen MR) is 67.2 cm³/mol. The number of aromatic carboxylic acids is 1. The summed E-state index contributed by atoms with van der Waals surface area (Å²) in [6.07, 6.45) is 0. The molecule has 102 valence electrons. The number of hydrogen-bond acceptors (Lipinski definition) is 6. The van der Waals surface area contributed by atoms with Crippen LogP contribution in [0, 0.1) is 10.1 Å². The SMILES string of the molecule is O=C(O)c1ccc([N+](=O)[O-])c(Oc2ccc(Cl)nn2)c1. The lowest BCUT2D eigenvalue weighted by atomic mass is 10.2. The van der Waals surface area contributed by atoms with Gasteiger partial charge in [0.2, 0.25) is 11.6 Å². The van der Waals surface area contributed by atoms with Crippen molar-refractivity contribution in [2.45, 2.75) is 0 Å². The Morgan fingerprint density at radius 2 is 2.05 bits per heavy atom. The molecule has 0 aliphatic rings. The summed E-state index contributed by atoms with van der Waals surface area (Å²) in [6.45, 7) is 0. The first-order chi connectivity index (χ1) is 9.47. The highest BCUT2D eigenvalue weighted by atomic mass is 35.5. The highest BCUT2D eigenvalue weighted by Crippen LogP contribution is 2.31.